The van der Waals surface area contributed by atoms with Gasteiger partial charge in [-0.3, -0.25) is 4.79 Å². The first-order chi connectivity index (χ1) is 9.79. The number of nitrogens with zero attached hydrogens (tertiary/aromatic N) is 2. The van der Waals surface area contributed by atoms with Crippen LogP contribution in [-0.2, 0) is 11.2 Å². The summed E-state index contributed by atoms with van der Waals surface area (Å²) in [5.41, 5.74) is 0.946. The maximum Gasteiger partial charge on any atom is 0.227 e. The Morgan fingerprint density at radius 2 is 2.29 bits per heavy atom. The first-order valence-electron chi connectivity index (χ1n) is 6.56. The fourth-order valence-electron chi connectivity index (χ4n) is 1.67. The second-order valence-electron chi connectivity index (χ2n) is 4.33. The molecule has 0 unspecified atom stereocenters. The number of aryl methyl sites for hydroxylation is 1. The number of hydrogen-bond donors (Lipinski definition) is 2. The number of carbonyl (C=O) groups is 1. The van der Waals surface area contributed by atoms with E-state index in [0.717, 1.165) is 18.5 Å². The molecule has 0 aromatic carbocycles. The van der Waals surface area contributed by atoms with Crippen LogP contribution in [0.4, 0.5) is 0 Å². The van der Waals surface area contributed by atoms with Gasteiger partial charge < -0.3 is 15.2 Å². The molecule has 0 spiro atoms. The van der Waals surface area contributed by atoms with Crippen molar-refractivity contribution in [3.8, 4) is 11.4 Å². The van der Waals surface area contributed by atoms with Gasteiger partial charge in [0.2, 0.25) is 17.6 Å². The summed E-state index contributed by atoms with van der Waals surface area (Å²) in [6.45, 7) is 1.58. The van der Waals surface area contributed by atoms with Gasteiger partial charge in [0.25, 0.3) is 0 Å². The van der Waals surface area contributed by atoms with Crippen molar-refractivity contribution in [3.63, 3.8) is 0 Å². The van der Waals surface area contributed by atoms with Crippen LogP contribution < -0.4 is 10.6 Å². The topological polar surface area (TPSA) is 80.0 Å². The monoisotopic (exact) mass is 330 g/mol. The number of thiophene rings is 1. The molecule has 2 aromatic heterocycles. The van der Waals surface area contributed by atoms with E-state index in [4.69, 9.17) is 4.52 Å². The highest BCUT2D eigenvalue weighted by Crippen LogP contribution is 2.18. The summed E-state index contributed by atoms with van der Waals surface area (Å²) in [6.07, 6.45) is 1.75. The number of carbonyl (C=O) groups excluding carboxylic acids is 1. The van der Waals surface area contributed by atoms with Crippen LogP contribution in [0.25, 0.3) is 11.4 Å². The van der Waals surface area contributed by atoms with Crippen LogP contribution >= 0.6 is 23.7 Å². The number of hydrogen-bond acceptors (Lipinski definition) is 6. The standard InChI is InChI=1S/C13H18N4O2S.ClH/c1-14-6-2-7-15-11(18)3-4-12-16-13(17-19-12)10-5-8-20-9-10;/h5,8-9,14H,2-4,6-7H2,1H3,(H,15,18);1H. The largest absolute Gasteiger partial charge is 0.356 e. The Labute approximate surface area is 133 Å². The Hall–Kier alpha value is -1.44. The molecule has 6 nitrogen and oxygen atoms in total. The number of aromatic nitrogens is 2. The number of amides is 1. The van der Waals surface area contributed by atoms with E-state index < -0.39 is 0 Å². The molecule has 0 bridgehead atoms. The summed E-state index contributed by atoms with van der Waals surface area (Å²) in [7, 11) is 1.89. The maximum atomic E-state index is 11.6. The van der Waals surface area contributed by atoms with Gasteiger partial charge >= 0.3 is 0 Å². The van der Waals surface area contributed by atoms with E-state index in [2.05, 4.69) is 20.8 Å². The van der Waals surface area contributed by atoms with E-state index in [0.29, 0.717) is 31.1 Å². The van der Waals surface area contributed by atoms with Crippen molar-refractivity contribution in [2.75, 3.05) is 20.1 Å². The smallest absolute Gasteiger partial charge is 0.227 e. The van der Waals surface area contributed by atoms with Gasteiger partial charge in [0.05, 0.1) is 0 Å². The summed E-state index contributed by atoms with van der Waals surface area (Å²) in [4.78, 5) is 15.9. The van der Waals surface area contributed by atoms with E-state index >= 15 is 0 Å². The van der Waals surface area contributed by atoms with Crippen LogP contribution in [0.3, 0.4) is 0 Å². The Bertz CT molecular complexity index is 530. The molecule has 1 amide bonds. The number of halogens is 1. The molecule has 0 aliphatic rings. The van der Waals surface area contributed by atoms with E-state index in [9.17, 15) is 4.79 Å². The third-order valence-electron chi connectivity index (χ3n) is 2.74. The minimum atomic E-state index is 0. The molecule has 116 valence electrons. The van der Waals surface area contributed by atoms with Crippen LogP contribution in [0.15, 0.2) is 21.3 Å². The maximum absolute atomic E-state index is 11.6. The molecule has 0 atom stereocenters. The molecule has 21 heavy (non-hydrogen) atoms. The van der Waals surface area contributed by atoms with Crippen LogP contribution in [-0.4, -0.2) is 36.2 Å². The van der Waals surface area contributed by atoms with E-state index in [1.807, 2.05) is 23.9 Å². The average molecular weight is 331 g/mol. The lowest BCUT2D eigenvalue weighted by Gasteiger charge is -2.03. The first kappa shape index (κ1) is 17.6. The van der Waals surface area contributed by atoms with Gasteiger partial charge in [0, 0.05) is 30.3 Å². The minimum Gasteiger partial charge on any atom is -0.356 e. The van der Waals surface area contributed by atoms with Crippen LogP contribution in [0, 0.1) is 0 Å². The predicted molar refractivity (Wildman–Crippen MR) is 84.7 cm³/mol. The molecule has 0 fully saturated rings. The zero-order valence-electron chi connectivity index (χ0n) is 11.8. The Balaban J connectivity index is 0.00000220. The summed E-state index contributed by atoms with van der Waals surface area (Å²) in [6, 6.07) is 1.94. The third kappa shape index (κ3) is 5.82. The van der Waals surface area contributed by atoms with Crippen LogP contribution in [0.5, 0.6) is 0 Å². The molecule has 2 heterocycles. The van der Waals surface area contributed by atoms with Crippen molar-refractivity contribution in [3.05, 3.63) is 22.7 Å². The zero-order chi connectivity index (χ0) is 14.2. The highest BCUT2D eigenvalue weighted by Gasteiger charge is 2.10. The molecule has 2 aromatic rings. The summed E-state index contributed by atoms with van der Waals surface area (Å²) >= 11 is 1.58. The van der Waals surface area contributed by atoms with Crippen molar-refractivity contribution in [1.29, 1.82) is 0 Å². The fraction of sp³-hybridized carbons (Fsp3) is 0.462. The molecule has 2 rings (SSSR count). The van der Waals surface area contributed by atoms with Crippen molar-refractivity contribution in [2.24, 2.45) is 0 Å². The minimum absolute atomic E-state index is 0. The molecule has 0 radical (unpaired) electrons. The van der Waals surface area contributed by atoms with Gasteiger partial charge in [-0.15, -0.1) is 12.4 Å². The van der Waals surface area contributed by atoms with Gasteiger partial charge in [0.1, 0.15) is 0 Å². The van der Waals surface area contributed by atoms with Crippen molar-refractivity contribution in [1.82, 2.24) is 20.8 Å². The van der Waals surface area contributed by atoms with Gasteiger partial charge in [0.15, 0.2) is 0 Å². The van der Waals surface area contributed by atoms with Crippen molar-refractivity contribution in [2.45, 2.75) is 19.3 Å². The fourth-order valence-corrected chi connectivity index (χ4v) is 2.30. The predicted octanol–water partition coefficient (Wildman–Crippen LogP) is 1.88. The Kier molecular flexibility index (Phi) is 7.96. The normalized spacial score (nSPS) is 10.1. The average Bonchev–Trinajstić information content (AvgIpc) is 3.11. The van der Waals surface area contributed by atoms with E-state index in [1.165, 1.54) is 0 Å². The van der Waals surface area contributed by atoms with Gasteiger partial charge in [-0.1, -0.05) is 5.16 Å². The lowest BCUT2D eigenvalue weighted by Crippen LogP contribution is -2.26. The number of rotatable bonds is 8. The zero-order valence-corrected chi connectivity index (χ0v) is 13.4. The molecule has 0 aliphatic heterocycles. The highest BCUT2D eigenvalue weighted by atomic mass is 35.5. The van der Waals surface area contributed by atoms with E-state index in [1.54, 1.807) is 11.3 Å². The molecule has 8 heteroatoms. The van der Waals surface area contributed by atoms with Crippen molar-refractivity contribution < 1.29 is 9.32 Å². The van der Waals surface area contributed by atoms with Gasteiger partial charge in [-0.05, 0) is 31.5 Å². The molecular formula is C13H19ClN4O2S. The summed E-state index contributed by atoms with van der Waals surface area (Å²) in [5, 5.41) is 13.7. The molecule has 2 N–H and O–H groups in total. The number of nitrogens with one attached hydrogen (secondary N) is 2. The first-order valence-corrected chi connectivity index (χ1v) is 7.50. The van der Waals surface area contributed by atoms with Crippen LogP contribution in [0.2, 0.25) is 0 Å². The lowest BCUT2D eigenvalue weighted by molar-refractivity contribution is -0.121. The molecule has 0 saturated carbocycles. The highest BCUT2D eigenvalue weighted by molar-refractivity contribution is 7.08. The lowest BCUT2D eigenvalue weighted by atomic mass is 10.3. The summed E-state index contributed by atoms with van der Waals surface area (Å²) in [5.74, 6) is 1.09. The third-order valence-corrected chi connectivity index (χ3v) is 3.42. The molecule has 0 aliphatic carbocycles. The Morgan fingerprint density at radius 1 is 1.43 bits per heavy atom. The Morgan fingerprint density at radius 3 is 3.00 bits per heavy atom. The second-order valence-corrected chi connectivity index (χ2v) is 5.11. The van der Waals surface area contributed by atoms with E-state index in [-0.39, 0.29) is 18.3 Å². The SMILES string of the molecule is CNCCCNC(=O)CCc1nc(-c2ccsc2)no1.Cl. The summed E-state index contributed by atoms with van der Waals surface area (Å²) < 4.78 is 5.14. The van der Waals surface area contributed by atoms with Gasteiger partial charge in [-0.2, -0.15) is 16.3 Å². The second kappa shape index (κ2) is 9.49. The van der Waals surface area contributed by atoms with Gasteiger partial charge in [-0.25, -0.2) is 0 Å². The molecular weight excluding hydrogens is 312 g/mol. The van der Waals surface area contributed by atoms with Crippen LogP contribution in [0.1, 0.15) is 18.7 Å². The quantitative estimate of drug-likeness (QED) is 0.722. The molecule has 0 saturated heterocycles. The van der Waals surface area contributed by atoms with Crippen molar-refractivity contribution >= 4 is 29.7 Å².